The molecule has 4 nitrogen and oxygen atoms in total. The van der Waals surface area contributed by atoms with E-state index >= 15 is 0 Å². The van der Waals surface area contributed by atoms with Crippen molar-refractivity contribution in [1.29, 1.82) is 0 Å². The topological polar surface area (TPSA) is 41.1 Å². The first kappa shape index (κ1) is 13.7. The highest BCUT2D eigenvalue weighted by molar-refractivity contribution is 5.58. The van der Waals surface area contributed by atoms with Crippen molar-refractivity contribution in [2.45, 2.75) is 40.5 Å². The summed E-state index contributed by atoms with van der Waals surface area (Å²) in [6.07, 6.45) is 2.00. The molecule has 17 heavy (non-hydrogen) atoms. The quantitative estimate of drug-likeness (QED) is 0.824. The zero-order valence-electron chi connectivity index (χ0n) is 11.7. The predicted octanol–water partition coefficient (Wildman–Crippen LogP) is 2.63. The van der Waals surface area contributed by atoms with Gasteiger partial charge in [0.15, 0.2) is 0 Å². The van der Waals surface area contributed by atoms with Crippen molar-refractivity contribution in [2.24, 2.45) is 0 Å². The fourth-order valence-electron chi connectivity index (χ4n) is 1.94. The van der Waals surface area contributed by atoms with E-state index in [0.717, 1.165) is 49.0 Å². The smallest absolute Gasteiger partial charge is 0.137 e. The van der Waals surface area contributed by atoms with E-state index in [1.165, 1.54) is 0 Å². The standard InChI is InChI=1S/C13H24N4/c1-6-9-17(8-3)13-10(4)12(14-5)15-11(7-2)16-13/h6-9H2,1-5H3,(H,14,15,16). The minimum Gasteiger partial charge on any atom is -0.373 e. The lowest BCUT2D eigenvalue weighted by Gasteiger charge is -2.24. The van der Waals surface area contributed by atoms with Crippen molar-refractivity contribution in [2.75, 3.05) is 30.4 Å². The van der Waals surface area contributed by atoms with Crippen LogP contribution in [-0.4, -0.2) is 30.1 Å². The Morgan fingerprint density at radius 1 is 1.18 bits per heavy atom. The monoisotopic (exact) mass is 236 g/mol. The molecule has 0 aliphatic heterocycles. The molecule has 0 aliphatic carbocycles. The minimum atomic E-state index is 0.867. The molecule has 1 heterocycles. The van der Waals surface area contributed by atoms with Crippen molar-refractivity contribution in [3.8, 4) is 0 Å². The van der Waals surface area contributed by atoms with Crippen molar-refractivity contribution in [3.63, 3.8) is 0 Å². The Kier molecular flexibility index (Phi) is 5.19. The van der Waals surface area contributed by atoms with Crippen molar-refractivity contribution in [3.05, 3.63) is 11.4 Å². The number of aromatic nitrogens is 2. The number of hydrogen-bond donors (Lipinski definition) is 1. The highest BCUT2D eigenvalue weighted by atomic mass is 15.2. The number of nitrogens with zero attached hydrogens (tertiary/aromatic N) is 3. The second-order valence-electron chi connectivity index (χ2n) is 4.12. The maximum atomic E-state index is 4.66. The van der Waals surface area contributed by atoms with Gasteiger partial charge in [0.05, 0.1) is 0 Å². The van der Waals surface area contributed by atoms with Crippen LogP contribution in [0.25, 0.3) is 0 Å². The third-order valence-corrected chi connectivity index (χ3v) is 2.89. The highest BCUT2D eigenvalue weighted by Gasteiger charge is 2.13. The van der Waals surface area contributed by atoms with E-state index in [1.807, 2.05) is 7.05 Å². The van der Waals surface area contributed by atoms with Crippen LogP contribution in [0.3, 0.4) is 0 Å². The number of hydrogen-bond acceptors (Lipinski definition) is 4. The maximum Gasteiger partial charge on any atom is 0.137 e. The molecule has 0 unspecified atom stereocenters. The van der Waals surface area contributed by atoms with Crippen molar-refractivity contribution >= 4 is 11.6 Å². The van der Waals surface area contributed by atoms with Crippen LogP contribution in [0.4, 0.5) is 11.6 Å². The van der Waals surface area contributed by atoms with Crippen LogP contribution in [0.15, 0.2) is 0 Å². The molecular weight excluding hydrogens is 212 g/mol. The molecule has 1 aromatic rings. The Bertz CT molecular complexity index is 363. The lowest BCUT2D eigenvalue weighted by Crippen LogP contribution is -2.26. The molecule has 0 fully saturated rings. The van der Waals surface area contributed by atoms with Gasteiger partial charge >= 0.3 is 0 Å². The summed E-state index contributed by atoms with van der Waals surface area (Å²) in [7, 11) is 1.91. The van der Waals surface area contributed by atoms with Crippen LogP contribution < -0.4 is 10.2 Å². The Morgan fingerprint density at radius 3 is 2.35 bits per heavy atom. The first-order chi connectivity index (χ1) is 8.17. The van der Waals surface area contributed by atoms with E-state index in [2.05, 4.69) is 47.9 Å². The second kappa shape index (κ2) is 6.42. The normalized spacial score (nSPS) is 10.4. The Morgan fingerprint density at radius 2 is 1.88 bits per heavy atom. The van der Waals surface area contributed by atoms with Crippen LogP contribution in [0.2, 0.25) is 0 Å². The first-order valence-corrected chi connectivity index (χ1v) is 6.48. The van der Waals surface area contributed by atoms with Crippen LogP contribution in [0.1, 0.15) is 38.6 Å². The first-order valence-electron chi connectivity index (χ1n) is 6.48. The summed E-state index contributed by atoms with van der Waals surface area (Å²) < 4.78 is 0. The average molecular weight is 236 g/mol. The molecule has 0 aliphatic rings. The molecule has 4 heteroatoms. The van der Waals surface area contributed by atoms with Gasteiger partial charge in [0.1, 0.15) is 17.5 Å². The zero-order valence-corrected chi connectivity index (χ0v) is 11.7. The summed E-state index contributed by atoms with van der Waals surface area (Å²) in [6.45, 7) is 10.6. The second-order valence-corrected chi connectivity index (χ2v) is 4.12. The average Bonchev–Trinajstić information content (AvgIpc) is 2.36. The number of nitrogens with one attached hydrogen (secondary N) is 1. The number of aryl methyl sites for hydroxylation is 1. The van der Waals surface area contributed by atoms with E-state index < -0.39 is 0 Å². The number of anilines is 2. The molecule has 0 radical (unpaired) electrons. The van der Waals surface area contributed by atoms with Crippen LogP contribution in [0.5, 0.6) is 0 Å². The summed E-state index contributed by atoms with van der Waals surface area (Å²) >= 11 is 0. The SMILES string of the molecule is CCCN(CC)c1nc(CC)nc(NC)c1C. The molecule has 1 N–H and O–H groups in total. The third-order valence-electron chi connectivity index (χ3n) is 2.89. The predicted molar refractivity (Wildman–Crippen MR) is 73.9 cm³/mol. The molecule has 1 aromatic heterocycles. The van der Waals surface area contributed by atoms with Gasteiger partial charge in [-0.1, -0.05) is 13.8 Å². The van der Waals surface area contributed by atoms with Gasteiger partial charge in [0.25, 0.3) is 0 Å². The molecule has 0 aromatic carbocycles. The zero-order chi connectivity index (χ0) is 12.8. The molecule has 0 atom stereocenters. The summed E-state index contributed by atoms with van der Waals surface area (Å²) in [5.41, 5.74) is 1.14. The fourth-order valence-corrected chi connectivity index (χ4v) is 1.94. The maximum absolute atomic E-state index is 4.66. The lowest BCUT2D eigenvalue weighted by atomic mass is 10.2. The molecule has 0 saturated carbocycles. The van der Waals surface area contributed by atoms with Gasteiger partial charge in [-0.25, -0.2) is 9.97 Å². The molecular formula is C13H24N4. The summed E-state index contributed by atoms with van der Waals surface area (Å²) in [5, 5.41) is 3.15. The van der Waals surface area contributed by atoms with Gasteiger partial charge in [-0.05, 0) is 20.3 Å². The molecule has 1 rings (SSSR count). The summed E-state index contributed by atoms with van der Waals surface area (Å²) in [4.78, 5) is 11.5. The number of rotatable bonds is 6. The van der Waals surface area contributed by atoms with E-state index in [-0.39, 0.29) is 0 Å². The van der Waals surface area contributed by atoms with E-state index in [4.69, 9.17) is 0 Å². The van der Waals surface area contributed by atoms with Gasteiger partial charge in [-0.15, -0.1) is 0 Å². The summed E-state index contributed by atoms with van der Waals surface area (Å²) in [6, 6.07) is 0. The highest BCUT2D eigenvalue weighted by Crippen LogP contribution is 2.23. The largest absolute Gasteiger partial charge is 0.373 e. The Balaban J connectivity index is 3.19. The van der Waals surface area contributed by atoms with E-state index in [1.54, 1.807) is 0 Å². The van der Waals surface area contributed by atoms with E-state index in [0.29, 0.717) is 0 Å². The van der Waals surface area contributed by atoms with Crippen LogP contribution in [-0.2, 0) is 6.42 Å². The van der Waals surface area contributed by atoms with Crippen LogP contribution in [0, 0.1) is 6.92 Å². The minimum absolute atomic E-state index is 0.867. The van der Waals surface area contributed by atoms with E-state index in [9.17, 15) is 0 Å². The Labute approximate surface area is 104 Å². The van der Waals surface area contributed by atoms with Gasteiger partial charge in [0, 0.05) is 32.1 Å². The molecule has 0 amide bonds. The fraction of sp³-hybridized carbons (Fsp3) is 0.692. The summed E-state index contributed by atoms with van der Waals surface area (Å²) in [5.74, 6) is 2.93. The van der Waals surface area contributed by atoms with Gasteiger partial charge < -0.3 is 10.2 Å². The van der Waals surface area contributed by atoms with Gasteiger partial charge in [-0.2, -0.15) is 0 Å². The van der Waals surface area contributed by atoms with Crippen molar-refractivity contribution < 1.29 is 0 Å². The molecule has 96 valence electrons. The third kappa shape index (κ3) is 3.08. The lowest BCUT2D eigenvalue weighted by molar-refractivity contribution is 0.764. The van der Waals surface area contributed by atoms with Gasteiger partial charge in [-0.3, -0.25) is 0 Å². The molecule has 0 spiro atoms. The van der Waals surface area contributed by atoms with Crippen molar-refractivity contribution in [1.82, 2.24) is 9.97 Å². The molecule has 0 saturated heterocycles. The Hall–Kier alpha value is -1.32. The van der Waals surface area contributed by atoms with Crippen LogP contribution >= 0.6 is 0 Å². The molecule has 0 bridgehead atoms. The van der Waals surface area contributed by atoms with Gasteiger partial charge in [0.2, 0.25) is 0 Å².